The molecule has 0 radical (unpaired) electrons. The van der Waals surface area contributed by atoms with Gasteiger partial charge in [-0.3, -0.25) is 0 Å². The number of halogens is 2. The van der Waals surface area contributed by atoms with Crippen LogP contribution in [0.2, 0.25) is 0 Å². The fraction of sp³-hybridized carbons (Fsp3) is 0.111. The molecule has 0 bridgehead atoms. The second-order valence-corrected chi connectivity index (χ2v) is 7.07. The second kappa shape index (κ2) is 4.71. The molecule has 0 N–H and O–H groups in total. The Morgan fingerprint density at radius 1 is 0.850 bits per heavy atom. The third kappa shape index (κ3) is 1.86. The first-order chi connectivity index (χ1) is 9.74. The van der Waals surface area contributed by atoms with E-state index in [0.717, 1.165) is 15.4 Å². The van der Waals surface area contributed by atoms with E-state index in [1.807, 2.05) is 0 Å². The van der Waals surface area contributed by atoms with E-state index in [2.05, 4.69) is 86.5 Å². The molecular formula is C18H12Br2. The first-order valence-electron chi connectivity index (χ1n) is 6.70. The highest BCUT2D eigenvalue weighted by atomic mass is 79.9. The Balaban J connectivity index is 2.01. The normalized spacial score (nSPS) is 16.2. The van der Waals surface area contributed by atoms with Gasteiger partial charge >= 0.3 is 0 Å². The SMILES string of the molecule is Brc1ccc2c(c1)C(C1=CCC=C1)c1cc(Br)ccc1-2. The van der Waals surface area contributed by atoms with Gasteiger partial charge in [0.05, 0.1) is 0 Å². The van der Waals surface area contributed by atoms with Crippen molar-refractivity contribution >= 4 is 31.9 Å². The molecule has 2 heteroatoms. The first kappa shape index (κ1) is 12.6. The Morgan fingerprint density at radius 2 is 1.45 bits per heavy atom. The first-order valence-corrected chi connectivity index (χ1v) is 8.28. The predicted octanol–water partition coefficient (Wildman–Crippen LogP) is 6.21. The lowest BCUT2D eigenvalue weighted by Gasteiger charge is -2.14. The van der Waals surface area contributed by atoms with Crippen LogP contribution in [-0.2, 0) is 0 Å². The zero-order valence-electron chi connectivity index (χ0n) is 10.7. The van der Waals surface area contributed by atoms with Crippen molar-refractivity contribution in [2.75, 3.05) is 0 Å². The monoisotopic (exact) mass is 386 g/mol. The van der Waals surface area contributed by atoms with Crippen LogP contribution < -0.4 is 0 Å². The molecule has 0 aliphatic heterocycles. The van der Waals surface area contributed by atoms with Crippen LogP contribution in [0.1, 0.15) is 23.5 Å². The molecule has 0 amide bonds. The van der Waals surface area contributed by atoms with Gasteiger partial charge in [-0.05, 0) is 58.5 Å². The molecule has 0 saturated heterocycles. The lowest BCUT2D eigenvalue weighted by molar-refractivity contribution is 1.01. The van der Waals surface area contributed by atoms with E-state index < -0.39 is 0 Å². The van der Waals surface area contributed by atoms with Crippen LogP contribution in [-0.4, -0.2) is 0 Å². The molecule has 2 aromatic carbocycles. The van der Waals surface area contributed by atoms with Crippen LogP contribution in [0.4, 0.5) is 0 Å². The molecule has 98 valence electrons. The maximum atomic E-state index is 3.61. The zero-order valence-corrected chi connectivity index (χ0v) is 13.9. The number of fused-ring (bicyclic) bond motifs is 3. The van der Waals surface area contributed by atoms with Crippen molar-refractivity contribution in [2.45, 2.75) is 12.3 Å². The van der Waals surface area contributed by atoms with Crippen LogP contribution in [0, 0.1) is 0 Å². The van der Waals surface area contributed by atoms with Crippen LogP contribution in [0.5, 0.6) is 0 Å². The summed E-state index contributed by atoms with van der Waals surface area (Å²) in [6, 6.07) is 13.2. The van der Waals surface area contributed by atoms with Crippen molar-refractivity contribution in [3.63, 3.8) is 0 Å². The molecule has 4 rings (SSSR count). The molecule has 0 spiro atoms. The van der Waals surface area contributed by atoms with Gasteiger partial charge in [0.25, 0.3) is 0 Å². The molecule has 0 unspecified atom stereocenters. The Bertz CT molecular complexity index is 717. The molecule has 2 aliphatic carbocycles. The molecule has 0 atom stereocenters. The summed E-state index contributed by atoms with van der Waals surface area (Å²) in [6.07, 6.45) is 7.90. The lowest BCUT2D eigenvalue weighted by atomic mass is 9.90. The molecule has 2 aromatic rings. The van der Waals surface area contributed by atoms with Crippen molar-refractivity contribution in [3.05, 3.63) is 80.3 Å². The van der Waals surface area contributed by atoms with E-state index in [9.17, 15) is 0 Å². The van der Waals surface area contributed by atoms with Gasteiger partial charge in [-0.15, -0.1) is 0 Å². The number of allylic oxidation sites excluding steroid dienone is 4. The van der Waals surface area contributed by atoms with Gasteiger partial charge in [0.15, 0.2) is 0 Å². The zero-order chi connectivity index (χ0) is 13.7. The van der Waals surface area contributed by atoms with Crippen LogP contribution >= 0.6 is 31.9 Å². The summed E-state index contributed by atoms with van der Waals surface area (Å²) in [6.45, 7) is 0. The largest absolute Gasteiger partial charge is 0.0804 e. The van der Waals surface area contributed by atoms with Gasteiger partial charge in [0.1, 0.15) is 0 Å². The fourth-order valence-electron chi connectivity index (χ4n) is 3.25. The highest BCUT2D eigenvalue weighted by Gasteiger charge is 2.31. The quantitative estimate of drug-likeness (QED) is 0.545. The van der Waals surface area contributed by atoms with Crippen molar-refractivity contribution in [1.29, 1.82) is 0 Å². The summed E-state index contributed by atoms with van der Waals surface area (Å²) in [5.41, 5.74) is 6.96. The third-order valence-corrected chi connectivity index (χ3v) is 5.06. The summed E-state index contributed by atoms with van der Waals surface area (Å²) in [5.74, 6) is 0.369. The molecule has 2 aliphatic rings. The van der Waals surface area contributed by atoms with Gasteiger partial charge < -0.3 is 0 Å². The Kier molecular flexibility index (Phi) is 2.97. The average Bonchev–Trinajstić information content (AvgIpc) is 3.02. The van der Waals surface area contributed by atoms with E-state index in [1.54, 1.807) is 0 Å². The standard InChI is InChI=1S/C18H12Br2/c19-12-5-7-14-15-8-6-13(20)10-17(15)18(16(14)9-12)11-3-1-2-4-11/h1,3-10,18H,2H2. The summed E-state index contributed by atoms with van der Waals surface area (Å²) in [7, 11) is 0. The molecule has 0 aromatic heterocycles. The minimum Gasteiger partial charge on any atom is -0.0804 e. The summed E-state index contributed by atoms with van der Waals surface area (Å²) < 4.78 is 2.30. The number of hydrogen-bond acceptors (Lipinski definition) is 0. The average molecular weight is 388 g/mol. The minimum atomic E-state index is 0.369. The van der Waals surface area contributed by atoms with Gasteiger partial charge in [0.2, 0.25) is 0 Å². The van der Waals surface area contributed by atoms with Gasteiger partial charge in [-0.25, -0.2) is 0 Å². The molecule has 0 fully saturated rings. The van der Waals surface area contributed by atoms with Crippen molar-refractivity contribution < 1.29 is 0 Å². The maximum absolute atomic E-state index is 3.61. The Morgan fingerprint density at radius 3 is 1.95 bits per heavy atom. The van der Waals surface area contributed by atoms with E-state index in [0.29, 0.717) is 5.92 Å². The lowest BCUT2D eigenvalue weighted by Crippen LogP contribution is -1.98. The topological polar surface area (TPSA) is 0 Å². The van der Waals surface area contributed by atoms with Gasteiger partial charge in [0, 0.05) is 14.9 Å². The van der Waals surface area contributed by atoms with Crippen molar-refractivity contribution in [2.24, 2.45) is 0 Å². The van der Waals surface area contributed by atoms with E-state index in [-0.39, 0.29) is 0 Å². The molecule has 0 nitrogen and oxygen atoms in total. The van der Waals surface area contributed by atoms with Gasteiger partial charge in [-0.2, -0.15) is 0 Å². The third-order valence-electron chi connectivity index (χ3n) is 4.07. The molecule has 0 saturated carbocycles. The predicted molar refractivity (Wildman–Crippen MR) is 91.0 cm³/mol. The van der Waals surface area contributed by atoms with E-state index >= 15 is 0 Å². The van der Waals surface area contributed by atoms with Crippen LogP contribution in [0.3, 0.4) is 0 Å². The second-order valence-electron chi connectivity index (χ2n) is 5.24. The fourth-order valence-corrected chi connectivity index (χ4v) is 4.01. The van der Waals surface area contributed by atoms with Crippen LogP contribution in [0.15, 0.2) is 69.1 Å². The number of rotatable bonds is 1. The maximum Gasteiger partial charge on any atom is 0.0349 e. The highest BCUT2D eigenvalue weighted by Crippen LogP contribution is 2.50. The minimum absolute atomic E-state index is 0.369. The smallest absolute Gasteiger partial charge is 0.0349 e. The van der Waals surface area contributed by atoms with Crippen LogP contribution in [0.25, 0.3) is 11.1 Å². The highest BCUT2D eigenvalue weighted by molar-refractivity contribution is 9.10. The molecule has 20 heavy (non-hydrogen) atoms. The molecular weight excluding hydrogens is 376 g/mol. The summed E-state index contributed by atoms with van der Waals surface area (Å²) in [4.78, 5) is 0. The Hall–Kier alpha value is -1.12. The summed E-state index contributed by atoms with van der Waals surface area (Å²) in [5, 5.41) is 0. The summed E-state index contributed by atoms with van der Waals surface area (Å²) >= 11 is 7.23. The number of benzene rings is 2. The van der Waals surface area contributed by atoms with Crippen molar-refractivity contribution in [1.82, 2.24) is 0 Å². The number of hydrogen-bond donors (Lipinski definition) is 0. The van der Waals surface area contributed by atoms with Crippen molar-refractivity contribution in [3.8, 4) is 11.1 Å². The van der Waals surface area contributed by atoms with Gasteiger partial charge in [-0.1, -0.05) is 62.2 Å². The Labute approximate surface area is 135 Å². The van der Waals surface area contributed by atoms with E-state index in [1.165, 1.54) is 27.8 Å². The van der Waals surface area contributed by atoms with E-state index in [4.69, 9.17) is 0 Å². The molecule has 0 heterocycles.